The Morgan fingerprint density at radius 1 is 1.19 bits per heavy atom. The van der Waals surface area contributed by atoms with Crippen molar-refractivity contribution in [2.24, 2.45) is 0 Å². The second-order valence-corrected chi connectivity index (χ2v) is 6.89. The molecule has 0 unspecified atom stereocenters. The Morgan fingerprint density at radius 3 is 2.65 bits per heavy atom. The molecule has 0 atom stereocenters. The molecule has 2 aromatic rings. The topological polar surface area (TPSA) is 91.6 Å². The fourth-order valence-electron chi connectivity index (χ4n) is 3.45. The van der Waals surface area contributed by atoms with Gasteiger partial charge in [0.05, 0.1) is 16.9 Å². The Hall–Kier alpha value is -2.74. The van der Waals surface area contributed by atoms with Crippen molar-refractivity contribution in [2.75, 3.05) is 37.6 Å². The van der Waals surface area contributed by atoms with Crippen LogP contribution in [0.2, 0.25) is 0 Å². The number of benzene rings is 1. The number of nitrogens with one attached hydrogen (secondary N) is 1. The molecule has 0 spiro atoms. The van der Waals surface area contributed by atoms with Gasteiger partial charge in [-0.1, -0.05) is 0 Å². The number of hydrogen-bond donors (Lipinski definition) is 1. The molecule has 4 rings (SSSR count). The smallest absolute Gasteiger partial charge is 0.278 e. The SMILES string of the molecule is O=C(CN1CCN(c2ccc([N+](=O)[O-])c3cnccc23)CC1)NC1CC1. The highest BCUT2D eigenvalue weighted by molar-refractivity contribution is 5.99. The molecule has 2 fully saturated rings. The van der Waals surface area contributed by atoms with Gasteiger partial charge in [-0.25, -0.2) is 0 Å². The maximum Gasteiger partial charge on any atom is 0.278 e. The van der Waals surface area contributed by atoms with E-state index in [0.717, 1.165) is 50.1 Å². The maximum absolute atomic E-state index is 12.0. The van der Waals surface area contributed by atoms with Gasteiger partial charge in [-0.05, 0) is 25.0 Å². The number of carbonyl (C=O) groups is 1. The average molecular weight is 355 g/mol. The third-order valence-corrected chi connectivity index (χ3v) is 4.99. The minimum absolute atomic E-state index is 0.0761. The third kappa shape index (κ3) is 3.45. The van der Waals surface area contributed by atoms with Crippen LogP contribution in [0.15, 0.2) is 30.6 Å². The highest BCUT2D eigenvalue weighted by Crippen LogP contribution is 2.33. The molecule has 26 heavy (non-hydrogen) atoms. The predicted octanol–water partition coefficient (Wildman–Crippen LogP) is 1.54. The van der Waals surface area contributed by atoms with E-state index in [1.165, 1.54) is 0 Å². The zero-order valence-electron chi connectivity index (χ0n) is 14.4. The first-order chi connectivity index (χ1) is 12.6. The summed E-state index contributed by atoms with van der Waals surface area (Å²) in [6.07, 6.45) is 5.41. The lowest BCUT2D eigenvalue weighted by Gasteiger charge is -2.36. The van der Waals surface area contributed by atoms with E-state index in [9.17, 15) is 14.9 Å². The van der Waals surface area contributed by atoms with Crippen molar-refractivity contribution in [1.29, 1.82) is 0 Å². The molecule has 1 aromatic heterocycles. The number of rotatable bonds is 5. The fraction of sp³-hybridized carbons (Fsp3) is 0.444. The van der Waals surface area contributed by atoms with Gasteiger partial charge < -0.3 is 10.2 Å². The van der Waals surface area contributed by atoms with Crippen molar-refractivity contribution in [3.8, 4) is 0 Å². The number of nitrogens with zero attached hydrogens (tertiary/aromatic N) is 4. The van der Waals surface area contributed by atoms with Crippen molar-refractivity contribution in [2.45, 2.75) is 18.9 Å². The summed E-state index contributed by atoms with van der Waals surface area (Å²) in [6, 6.07) is 5.58. The van der Waals surface area contributed by atoms with Crippen LogP contribution in [0.1, 0.15) is 12.8 Å². The molecule has 136 valence electrons. The molecule has 1 saturated heterocycles. The standard InChI is InChI=1S/C18H21N5O3/c24-18(20-13-1-2-13)12-21-7-9-22(10-8-21)16-3-4-17(23(25)26)15-11-19-6-5-14(15)16/h3-6,11,13H,1-2,7-10,12H2,(H,20,24). The lowest BCUT2D eigenvalue weighted by molar-refractivity contribution is -0.383. The van der Waals surface area contributed by atoms with E-state index in [0.29, 0.717) is 18.0 Å². The first-order valence-corrected chi connectivity index (χ1v) is 8.89. The average Bonchev–Trinajstić information content (AvgIpc) is 3.45. The van der Waals surface area contributed by atoms with E-state index in [2.05, 4.69) is 20.1 Å². The summed E-state index contributed by atoms with van der Waals surface area (Å²) in [7, 11) is 0. The Kier molecular flexibility index (Phi) is 4.42. The predicted molar refractivity (Wildman–Crippen MR) is 98.2 cm³/mol. The zero-order valence-corrected chi connectivity index (χ0v) is 14.4. The molecular formula is C18H21N5O3. The number of hydrogen-bond acceptors (Lipinski definition) is 6. The number of nitro benzene ring substituents is 1. The van der Waals surface area contributed by atoms with E-state index < -0.39 is 0 Å². The van der Waals surface area contributed by atoms with Crippen LogP contribution < -0.4 is 10.2 Å². The molecule has 2 heterocycles. The molecule has 1 aliphatic heterocycles. The number of amides is 1. The van der Waals surface area contributed by atoms with E-state index in [1.807, 2.05) is 12.1 Å². The molecular weight excluding hydrogens is 334 g/mol. The zero-order chi connectivity index (χ0) is 18.1. The van der Waals surface area contributed by atoms with Gasteiger partial charge in [-0.2, -0.15) is 0 Å². The summed E-state index contributed by atoms with van der Waals surface area (Å²) in [5.41, 5.74) is 1.06. The summed E-state index contributed by atoms with van der Waals surface area (Å²) < 4.78 is 0. The number of nitro groups is 1. The Balaban J connectivity index is 1.46. The van der Waals surface area contributed by atoms with Crippen LogP contribution in [-0.2, 0) is 4.79 Å². The van der Waals surface area contributed by atoms with Crippen molar-refractivity contribution < 1.29 is 9.72 Å². The van der Waals surface area contributed by atoms with Gasteiger partial charge in [-0.15, -0.1) is 0 Å². The molecule has 8 nitrogen and oxygen atoms in total. The summed E-state index contributed by atoms with van der Waals surface area (Å²) in [6.45, 7) is 3.59. The van der Waals surface area contributed by atoms with Crippen LogP contribution in [-0.4, -0.2) is 59.5 Å². The number of anilines is 1. The Bertz CT molecular complexity index is 844. The van der Waals surface area contributed by atoms with Crippen molar-refractivity contribution in [3.05, 3.63) is 40.7 Å². The van der Waals surface area contributed by atoms with E-state index >= 15 is 0 Å². The van der Waals surface area contributed by atoms with Crippen LogP contribution in [0, 0.1) is 10.1 Å². The minimum atomic E-state index is -0.371. The second-order valence-electron chi connectivity index (χ2n) is 6.89. The molecule has 0 radical (unpaired) electrons. The molecule has 1 amide bonds. The summed E-state index contributed by atoms with van der Waals surface area (Å²) >= 11 is 0. The minimum Gasteiger partial charge on any atom is -0.368 e. The summed E-state index contributed by atoms with van der Waals surface area (Å²) in [4.78, 5) is 31.2. The van der Waals surface area contributed by atoms with Crippen molar-refractivity contribution >= 4 is 28.1 Å². The summed E-state index contributed by atoms with van der Waals surface area (Å²) in [5, 5.41) is 15.7. The lowest BCUT2D eigenvalue weighted by Crippen LogP contribution is -2.49. The van der Waals surface area contributed by atoms with Crippen molar-refractivity contribution in [1.82, 2.24) is 15.2 Å². The van der Waals surface area contributed by atoms with Gasteiger partial charge in [0.2, 0.25) is 5.91 Å². The Morgan fingerprint density at radius 2 is 1.96 bits per heavy atom. The largest absolute Gasteiger partial charge is 0.368 e. The first-order valence-electron chi connectivity index (χ1n) is 8.89. The van der Waals surface area contributed by atoms with E-state index in [-0.39, 0.29) is 16.5 Å². The number of non-ortho nitro benzene ring substituents is 1. The molecule has 1 N–H and O–H groups in total. The number of pyridine rings is 1. The van der Waals surface area contributed by atoms with Gasteiger partial charge in [-0.3, -0.25) is 24.8 Å². The van der Waals surface area contributed by atoms with E-state index in [1.54, 1.807) is 18.5 Å². The van der Waals surface area contributed by atoms with Gasteiger partial charge in [0.1, 0.15) is 0 Å². The first kappa shape index (κ1) is 16.7. The van der Waals surface area contributed by atoms with Gasteiger partial charge in [0.25, 0.3) is 5.69 Å². The van der Waals surface area contributed by atoms with Crippen LogP contribution in [0.3, 0.4) is 0 Å². The maximum atomic E-state index is 12.0. The number of aromatic nitrogens is 1. The normalized spacial score (nSPS) is 18.1. The molecule has 8 heteroatoms. The quantitative estimate of drug-likeness (QED) is 0.646. The molecule has 1 aliphatic carbocycles. The van der Waals surface area contributed by atoms with Crippen LogP contribution in [0.25, 0.3) is 10.8 Å². The third-order valence-electron chi connectivity index (χ3n) is 4.99. The second kappa shape index (κ2) is 6.87. The molecule has 1 aromatic carbocycles. The lowest BCUT2D eigenvalue weighted by atomic mass is 10.1. The van der Waals surface area contributed by atoms with Crippen LogP contribution in [0.4, 0.5) is 11.4 Å². The van der Waals surface area contributed by atoms with Crippen molar-refractivity contribution in [3.63, 3.8) is 0 Å². The molecule has 2 aliphatic rings. The summed E-state index contributed by atoms with van der Waals surface area (Å²) in [5.74, 6) is 0.104. The highest BCUT2D eigenvalue weighted by Gasteiger charge is 2.26. The highest BCUT2D eigenvalue weighted by atomic mass is 16.6. The van der Waals surface area contributed by atoms with Crippen LogP contribution >= 0.6 is 0 Å². The number of carbonyl (C=O) groups excluding carboxylic acids is 1. The van der Waals surface area contributed by atoms with Crippen LogP contribution in [0.5, 0.6) is 0 Å². The number of fused-ring (bicyclic) bond motifs is 1. The number of piperazine rings is 1. The molecule has 0 bridgehead atoms. The Labute approximate surface area is 150 Å². The monoisotopic (exact) mass is 355 g/mol. The van der Waals surface area contributed by atoms with E-state index in [4.69, 9.17) is 0 Å². The fourth-order valence-corrected chi connectivity index (χ4v) is 3.45. The van der Waals surface area contributed by atoms with Gasteiger partial charge in [0, 0.05) is 61.8 Å². The molecule has 1 saturated carbocycles. The van der Waals surface area contributed by atoms with Gasteiger partial charge >= 0.3 is 0 Å². The van der Waals surface area contributed by atoms with Gasteiger partial charge in [0.15, 0.2) is 0 Å².